The average Bonchev–Trinajstić information content (AvgIpc) is 2.37. The van der Waals surface area contributed by atoms with Gasteiger partial charge in [-0.3, -0.25) is 0 Å². The van der Waals surface area contributed by atoms with E-state index in [0.29, 0.717) is 17.5 Å². The number of hydrogen-bond acceptors (Lipinski definition) is 5. The summed E-state index contributed by atoms with van der Waals surface area (Å²) in [5.74, 6) is 0.340. The summed E-state index contributed by atoms with van der Waals surface area (Å²) in [6.45, 7) is 0.489. The van der Waals surface area contributed by atoms with Crippen molar-refractivity contribution in [3.05, 3.63) is 40.1 Å². The lowest BCUT2D eigenvalue weighted by Crippen LogP contribution is -2.06. The van der Waals surface area contributed by atoms with Gasteiger partial charge in [0.25, 0.3) is 0 Å². The predicted octanol–water partition coefficient (Wildman–Crippen LogP) is 2.80. The summed E-state index contributed by atoms with van der Waals surface area (Å²) in [5.41, 5.74) is 0.940. The number of hydrogen-bond donors (Lipinski definition) is 1. The van der Waals surface area contributed by atoms with E-state index < -0.39 is 0 Å². The summed E-state index contributed by atoms with van der Waals surface area (Å²) in [6.07, 6.45) is 0. The molecule has 1 aromatic carbocycles. The Hall–Kier alpha value is -1.59. The van der Waals surface area contributed by atoms with E-state index in [-0.39, 0.29) is 11.3 Å². The minimum Gasteiger partial charge on any atom is -0.467 e. The number of aromatic nitrogens is 3. The van der Waals surface area contributed by atoms with Gasteiger partial charge in [-0.25, -0.2) is 0 Å². The Labute approximate surface area is 114 Å². The maximum atomic E-state index is 6.04. The second kappa shape index (κ2) is 5.84. The van der Waals surface area contributed by atoms with Gasteiger partial charge in [0.2, 0.25) is 11.2 Å². The molecule has 1 heterocycles. The van der Waals surface area contributed by atoms with Crippen LogP contribution < -0.4 is 10.1 Å². The second-order valence-electron chi connectivity index (χ2n) is 3.36. The predicted molar refractivity (Wildman–Crippen MR) is 70.2 cm³/mol. The third-order valence-electron chi connectivity index (χ3n) is 2.16. The van der Waals surface area contributed by atoms with Gasteiger partial charge in [0.05, 0.1) is 7.11 Å². The first kappa shape index (κ1) is 12.9. The van der Waals surface area contributed by atoms with Crippen molar-refractivity contribution in [2.45, 2.75) is 6.54 Å². The number of nitrogens with one attached hydrogen (secondary N) is 1. The van der Waals surface area contributed by atoms with Crippen LogP contribution >= 0.6 is 23.2 Å². The van der Waals surface area contributed by atoms with E-state index in [1.54, 1.807) is 0 Å². The van der Waals surface area contributed by atoms with E-state index in [4.69, 9.17) is 27.9 Å². The van der Waals surface area contributed by atoms with E-state index in [2.05, 4.69) is 20.3 Å². The molecule has 5 nitrogen and oxygen atoms in total. The van der Waals surface area contributed by atoms with Crippen molar-refractivity contribution in [1.29, 1.82) is 0 Å². The minimum atomic E-state index is 0.0727. The maximum Gasteiger partial charge on any atom is 0.322 e. The Morgan fingerprint density at radius 3 is 2.67 bits per heavy atom. The van der Waals surface area contributed by atoms with Crippen molar-refractivity contribution in [1.82, 2.24) is 15.0 Å². The van der Waals surface area contributed by atoms with Crippen molar-refractivity contribution < 1.29 is 4.74 Å². The molecule has 0 radical (unpaired) electrons. The Bertz CT molecular complexity index is 550. The molecular weight excluding hydrogens is 275 g/mol. The molecule has 0 unspecified atom stereocenters. The van der Waals surface area contributed by atoms with Crippen molar-refractivity contribution in [2.75, 3.05) is 12.4 Å². The molecule has 18 heavy (non-hydrogen) atoms. The maximum absolute atomic E-state index is 6.04. The SMILES string of the molecule is COc1nc(Cl)nc(NCc2ccccc2Cl)n1. The van der Waals surface area contributed by atoms with E-state index in [0.717, 1.165) is 5.56 Å². The molecule has 0 bridgehead atoms. The zero-order valence-corrected chi connectivity index (χ0v) is 11.0. The van der Waals surface area contributed by atoms with Gasteiger partial charge in [0, 0.05) is 11.6 Å². The summed E-state index contributed by atoms with van der Waals surface area (Å²) < 4.78 is 4.90. The van der Waals surface area contributed by atoms with Crippen LogP contribution in [0.25, 0.3) is 0 Å². The quantitative estimate of drug-likeness (QED) is 0.936. The largest absolute Gasteiger partial charge is 0.467 e. The highest BCUT2D eigenvalue weighted by Crippen LogP contribution is 2.17. The first-order valence-corrected chi connectivity index (χ1v) is 5.87. The van der Waals surface area contributed by atoms with Gasteiger partial charge in [-0.15, -0.1) is 0 Å². The highest BCUT2D eigenvalue weighted by Gasteiger charge is 2.05. The summed E-state index contributed by atoms with van der Waals surface area (Å²) in [5, 5.41) is 3.76. The first-order valence-electron chi connectivity index (χ1n) is 5.12. The molecule has 2 rings (SSSR count). The van der Waals surface area contributed by atoms with Crippen LogP contribution in [0.15, 0.2) is 24.3 Å². The molecule has 1 N–H and O–H groups in total. The fraction of sp³-hybridized carbons (Fsp3) is 0.182. The number of anilines is 1. The Kier molecular flexibility index (Phi) is 4.17. The van der Waals surface area contributed by atoms with Crippen LogP contribution in [-0.4, -0.2) is 22.1 Å². The van der Waals surface area contributed by atoms with E-state index in [9.17, 15) is 0 Å². The van der Waals surface area contributed by atoms with Crippen LogP contribution in [0.2, 0.25) is 10.3 Å². The second-order valence-corrected chi connectivity index (χ2v) is 4.10. The molecular formula is C11H10Cl2N4O. The van der Waals surface area contributed by atoms with E-state index >= 15 is 0 Å². The molecule has 1 aromatic heterocycles. The third kappa shape index (κ3) is 3.21. The number of nitrogens with zero attached hydrogens (tertiary/aromatic N) is 3. The van der Waals surface area contributed by atoms with Crippen molar-refractivity contribution in [2.24, 2.45) is 0 Å². The number of halogens is 2. The first-order chi connectivity index (χ1) is 8.69. The van der Waals surface area contributed by atoms with Crippen molar-refractivity contribution in [3.8, 4) is 6.01 Å². The van der Waals surface area contributed by atoms with Gasteiger partial charge in [0.1, 0.15) is 0 Å². The highest BCUT2D eigenvalue weighted by molar-refractivity contribution is 6.31. The molecule has 0 aliphatic heterocycles. The summed E-state index contributed by atoms with van der Waals surface area (Å²) in [4.78, 5) is 11.7. The van der Waals surface area contributed by atoms with Crippen LogP contribution in [-0.2, 0) is 6.54 Å². The normalized spacial score (nSPS) is 10.2. The smallest absolute Gasteiger partial charge is 0.322 e. The molecule has 7 heteroatoms. The molecule has 0 aliphatic rings. The molecule has 0 saturated carbocycles. The number of rotatable bonds is 4. The average molecular weight is 285 g/mol. The highest BCUT2D eigenvalue weighted by atomic mass is 35.5. The van der Waals surface area contributed by atoms with Gasteiger partial charge in [0.15, 0.2) is 0 Å². The zero-order chi connectivity index (χ0) is 13.0. The molecule has 0 atom stereocenters. The fourth-order valence-corrected chi connectivity index (χ4v) is 1.67. The number of benzene rings is 1. The fourth-order valence-electron chi connectivity index (χ4n) is 1.32. The molecule has 0 aliphatic carbocycles. The molecule has 0 fully saturated rings. The lowest BCUT2D eigenvalue weighted by atomic mass is 10.2. The van der Waals surface area contributed by atoms with Crippen LogP contribution in [0.1, 0.15) is 5.56 Å². The van der Waals surface area contributed by atoms with Gasteiger partial charge < -0.3 is 10.1 Å². The van der Waals surface area contributed by atoms with Crippen LogP contribution in [0, 0.1) is 0 Å². The molecule has 2 aromatic rings. The monoisotopic (exact) mass is 284 g/mol. The summed E-state index contributed by atoms with van der Waals surface area (Å²) in [7, 11) is 1.46. The molecule has 0 spiro atoms. The topological polar surface area (TPSA) is 59.9 Å². The summed E-state index contributed by atoms with van der Waals surface area (Å²) >= 11 is 11.8. The minimum absolute atomic E-state index is 0.0727. The summed E-state index contributed by atoms with van der Waals surface area (Å²) in [6, 6.07) is 7.67. The van der Waals surface area contributed by atoms with Crippen molar-refractivity contribution in [3.63, 3.8) is 0 Å². The van der Waals surface area contributed by atoms with E-state index in [1.165, 1.54) is 7.11 Å². The van der Waals surface area contributed by atoms with Gasteiger partial charge in [-0.05, 0) is 23.2 Å². The third-order valence-corrected chi connectivity index (χ3v) is 2.70. The van der Waals surface area contributed by atoms with Gasteiger partial charge in [-0.1, -0.05) is 29.8 Å². The van der Waals surface area contributed by atoms with Gasteiger partial charge in [-0.2, -0.15) is 15.0 Å². The van der Waals surface area contributed by atoms with Crippen LogP contribution in [0.5, 0.6) is 6.01 Å². The lowest BCUT2D eigenvalue weighted by Gasteiger charge is -2.07. The Balaban J connectivity index is 2.11. The number of methoxy groups -OCH3 is 1. The van der Waals surface area contributed by atoms with E-state index in [1.807, 2.05) is 24.3 Å². The molecule has 0 saturated heterocycles. The lowest BCUT2D eigenvalue weighted by molar-refractivity contribution is 0.379. The number of ether oxygens (including phenoxy) is 1. The zero-order valence-electron chi connectivity index (χ0n) is 9.52. The Morgan fingerprint density at radius 2 is 1.94 bits per heavy atom. The van der Waals surface area contributed by atoms with Crippen molar-refractivity contribution >= 4 is 29.2 Å². The molecule has 0 amide bonds. The van der Waals surface area contributed by atoms with Gasteiger partial charge >= 0.3 is 6.01 Å². The van der Waals surface area contributed by atoms with Crippen LogP contribution in [0.4, 0.5) is 5.95 Å². The Morgan fingerprint density at radius 1 is 1.17 bits per heavy atom. The standard InChI is InChI=1S/C11H10Cl2N4O/c1-18-11-16-9(13)15-10(17-11)14-6-7-4-2-3-5-8(7)12/h2-5H,6H2,1H3,(H,14,15,16,17). The molecule has 94 valence electrons. The van der Waals surface area contributed by atoms with Crippen LogP contribution in [0.3, 0.4) is 0 Å².